The van der Waals surface area contributed by atoms with Crippen LogP contribution in [0.2, 0.25) is 0 Å². The molecule has 0 saturated carbocycles. The van der Waals surface area contributed by atoms with Gasteiger partial charge >= 0.3 is 0 Å². The third-order valence-corrected chi connectivity index (χ3v) is 6.55. The van der Waals surface area contributed by atoms with Crippen LogP contribution in [0, 0.1) is 26.0 Å². The van der Waals surface area contributed by atoms with Gasteiger partial charge in [0.25, 0.3) is 0 Å². The summed E-state index contributed by atoms with van der Waals surface area (Å²) in [7, 11) is 0. The third kappa shape index (κ3) is 4.93. The van der Waals surface area contributed by atoms with Crippen LogP contribution in [0.1, 0.15) is 36.2 Å². The molecule has 1 radical (unpaired) electrons. The number of pyridine rings is 3. The van der Waals surface area contributed by atoms with E-state index in [2.05, 4.69) is 77.3 Å². The van der Waals surface area contributed by atoms with Gasteiger partial charge in [-0.2, -0.15) is 0 Å². The van der Waals surface area contributed by atoms with Gasteiger partial charge in [0.1, 0.15) is 0 Å². The van der Waals surface area contributed by atoms with E-state index < -0.39 is 0 Å². The topological polar surface area (TPSA) is 38.7 Å². The Morgan fingerprint density at radius 3 is 2.19 bits per heavy atom. The van der Waals surface area contributed by atoms with Gasteiger partial charge in [-0.05, 0) is 51.8 Å². The molecule has 5 aromatic rings. The smallest absolute Gasteiger partial charge is 0.0207 e. The fourth-order valence-corrected chi connectivity index (χ4v) is 4.60. The van der Waals surface area contributed by atoms with Crippen molar-refractivity contribution in [3.63, 3.8) is 0 Å². The van der Waals surface area contributed by atoms with Gasteiger partial charge in [0.15, 0.2) is 0 Å². The first-order valence-electron chi connectivity index (χ1n) is 11.8. The van der Waals surface area contributed by atoms with Crippen LogP contribution in [0.3, 0.4) is 0 Å². The first-order chi connectivity index (χ1) is 16.9. The number of aryl methyl sites for hydroxylation is 2. The average Bonchev–Trinajstić information content (AvgIpc) is 3.12. The number of benzene rings is 2. The molecular weight excluding hydrogens is 619 g/mol. The minimum atomic E-state index is 0. The average molecular weight is 646 g/mol. The molecule has 0 spiro atoms. The fourth-order valence-electron chi connectivity index (χ4n) is 4.60. The third-order valence-electron chi connectivity index (χ3n) is 6.55. The summed E-state index contributed by atoms with van der Waals surface area (Å²) >= 11 is 0. The van der Waals surface area contributed by atoms with Crippen LogP contribution >= 0.6 is 0 Å². The zero-order valence-corrected chi connectivity index (χ0v) is 23.2. The molecule has 0 bridgehead atoms. The van der Waals surface area contributed by atoms with Crippen LogP contribution in [-0.4, -0.2) is 15.0 Å². The van der Waals surface area contributed by atoms with Crippen molar-refractivity contribution in [2.75, 3.05) is 0 Å². The molecule has 0 aliphatic heterocycles. The van der Waals surface area contributed by atoms with Crippen LogP contribution in [0.4, 0.5) is 0 Å². The Hall–Kier alpha value is -3.46. The molecule has 3 nitrogen and oxygen atoms in total. The standard InChI is InChI=1S/C20H17N2.C12H10N.Ir/c1-13-14(8-6-10-21-13)19-11-16-15-7-4-5-9-17(15)20(2,3)18(16)12-22-19;1-10-7-8-12(13-9-10)11-5-3-2-4-6-11;/h4-7,9-12H,1-3H3;2-5,7-9H,1H3;/q2*-1;. The Morgan fingerprint density at radius 1 is 0.694 bits per heavy atom. The van der Waals surface area contributed by atoms with Gasteiger partial charge in [0, 0.05) is 37.9 Å². The Balaban J connectivity index is 0.000000187. The first-order valence-corrected chi connectivity index (χ1v) is 11.8. The van der Waals surface area contributed by atoms with E-state index in [-0.39, 0.29) is 25.5 Å². The van der Waals surface area contributed by atoms with E-state index in [4.69, 9.17) is 0 Å². The van der Waals surface area contributed by atoms with Crippen molar-refractivity contribution in [3.05, 3.63) is 126 Å². The van der Waals surface area contributed by atoms with Gasteiger partial charge in [0.05, 0.1) is 0 Å². The number of hydrogen-bond acceptors (Lipinski definition) is 3. The van der Waals surface area contributed by atoms with Gasteiger partial charge in [-0.15, -0.1) is 53.6 Å². The predicted octanol–water partition coefficient (Wildman–Crippen LogP) is 7.41. The van der Waals surface area contributed by atoms with Crippen LogP contribution in [0.15, 0.2) is 91.4 Å². The monoisotopic (exact) mass is 646 g/mol. The van der Waals surface area contributed by atoms with E-state index in [1.165, 1.54) is 27.8 Å². The molecule has 0 fully saturated rings. The predicted molar refractivity (Wildman–Crippen MR) is 142 cm³/mol. The minimum Gasteiger partial charge on any atom is -0.357 e. The van der Waals surface area contributed by atoms with E-state index in [1.54, 1.807) is 6.20 Å². The molecule has 3 aromatic heterocycles. The van der Waals surface area contributed by atoms with Crippen molar-refractivity contribution in [2.24, 2.45) is 0 Å². The molecule has 36 heavy (non-hydrogen) atoms. The summed E-state index contributed by atoms with van der Waals surface area (Å²) in [5.41, 5.74) is 11.3. The fraction of sp³-hybridized carbons (Fsp3) is 0.156. The second-order valence-electron chi connectivity index (χ2n) is 9.33. The van der Waals surface area contributed by atoms with Crippen molar-refractivity contribution < 1.29 is 20.1 Å². The van der Waals surface area contributed by atoms with Crippen molar-refractivity contribution in [1.82, 2.24) is 15.0 Å². The normalized spacial score (nSPS) is 12.4. The van der Waals surface area contributed by atoms with E-state index >= 15 is 0 Å². The molecule has 1 aliphatic carbocycles. The summed E-state index contributed by atoms with van der Waals surface area (Å²) < 4.78 is 0. The number of rotatable bonds is 2. The Kier molecular flexibility index (Phi) is 7.59. The molecule has 0 atom stereocenters. The summed E-state index contributed by atoms with van der Waals surface area (Å²) in [4.78, 5) is 13.4. The zero-order valence-electron chi connectivity index (χ0n) is 20.8. The van der Waals surface area contributed by atoms with Gasteiger partial charge in [-0.25, -0.2) is 0 Å². The second-order valence-corrected chi connectivity index (χ2v) is 9.33. The number of fused-ring (bicyclic) bond motifs is 3. The van der Waals surface area contributed by atoms with E-state index in [9.17, 15) is 0 Å². The molecule has 0 amide bonds. The zero-order chi connectivity index (χ0) is 24.4. The number of aromatic nitrogens is 3. The molecule has 6 rings (SSSR count). The summed E-state index contributed by atoms with van der Waals surface area (Å²) in [5, 5.41) is 0. The van der Waals surface area contributed by atoms with Crippen molar-refractivity contribution in [3.8, 4) is 33.6 Å². The minimum absolute atomic E-state index is 0. The van der Waals surface area contributed by atoms with Crippen molar-refractivity contribution in [1.29, 1.82) is 0 Å². The number of nitrogens with zero attached hydrogens (tertiary/aromatic N) is 3. The molecule has 181 valence electrons. The van der Waals surface area contributed by atoms with E-state index in [0.717, 1.165) is 28.2 Å². The van der Waals surface area contributed by atoms with Crippen LogP contribution < -0.4 is 0 Å². The summed E-state index contributed by atoms with van der Waals surface area (Å²) in [6.45, 7) is 8.56. The maximum atomic E-state index is 4.69. The molecule has 2 aromatic carbocycles. The van der Waals surface area contributed by atoms with Crippen LogP contribution in [0.5, 0.6) is 0 Å². The molecule has 3 heterocycles. The maximum absolute atomic E-state index is 4.69. The molecule has 0 saturated heterocycles. The summed E-state index contributed by atoms with van der Waals surface area (Å²) in [5.74, 6) is 0. The van der Waals surface area contributed by atoms with Crippen LogP contribution in [-0.2, 0) is 25.5 Å². The van der Waals surface area contributed by atoms with E-state index in [1.807, 2.05) is 62.6 Å². The number of hydrogen-bond donors (Lipinski definition) is 0. The molecule has 0 N–H and O–H groups in total. The maximum Gasteiger partial charge on any atom is 0.0207 e. The largest absolute Gasteiger partial charge is 0.357 e. The van der Waals surface area contributed by atoms with Crippen molar-refractivity contribution >= 4 is 0 Å². The van der Waals surface area contributed by atoms with Gasteiger partial charge in [-0.1, -0.05) is 69.4 Å². The summed E-state index contributed by atoms with van der Waals surface area (Å²) in [6.07, 6.45) is 5.66. The second kappa shape index (κ2) is 10.7. The molecule has 1 aliphatic rings. The molecular formula is C32H27IrN3-2. The quantitative estimate of drug-likeness (QED) is 0.188. The first kappa shape index (κ1) is 25.6. The molecule has 0 unspecified atom stereocenters. The van der Waals surface area contributed by atoms with Gasteiger partial charge in [-0.3, -0.25) is 0 Å². The summed E-state index contributed by atoms with van der Waals surface area (Å²) in [6, 6.07) is 31.0. The van der Waals surface area contributed by atoms with E-state index in [0.29, 0.717) is 0 Å². The van der Waals surface area contributed by atoms with Gasteiger partial charge in [0.2, 0.25) is 0 Å². The molecule has 4 heteroatoms. The SMILES string of the molecule is Cc1ccc(-c2[c-]cccc2)nc1.Cc1ncc[c-]c1-c1cc2c(cn1)C(C)(C)c1ccccc1-2.[Ir]. The van der Waals surface area contributed by atoms with Gasteiger partial charge < -0.3 is 15.0 Å². The van der Waals surface area contributed by atoms with Crippen molar-refractivity contribution in [2.45, 2.75) is 33.1 Å². The Labute approximate surface area is 227 Å². The Morgan fingerprint density at radius 2 is 1.47 bits per heavy atom. The Bertz CT molecular complexity index is 1480. The van der Waals surface area contributed by atoms with Crippen LogP contribution in [0.25, 0.3) is 33.6 Å².